The molecule has 0 bridgehead atoms. The van der Waals surface area contributed by atoms with Gasteiger partial charge in [-0.15, -0.1) is 6.58 Å². The molecule has 0 fully saturated rings. The fourth-order valence-corrected chi connectivity index (χ4v) is 3.38. The average molecular weight is 471 g/mol. The summed E-state index contributed by atoms with van der Waals surface area (Å²) in [5, 5.41) is 32.3. The van der Waals surface area contributed by atoms with Crippen LogP contribution in [0.2, 0.25) is 0 Å². The van der Waals surface area contributed by atoms with E-state index in [0.717, 1.165) is 17.7 Å². The predicted octanol–water partition coefficient (Wildman–Crippen LogP) is 6.49. The Balaban J connectivity index is 2.14. The second-order valence-corrected chi connectivity index (χ2v) is 7.24. The van der Waals surface area contributed by atoms with E-state index in [1.807, 2.05) is 30.3 Å². The van der Waals surface area contributed by atoms with Crippen LogP contribution in [0.4, 0.5) is 11.4 Å². The highest BCUT2D eigenvalue weighted by Crippen LogP contribution is 2.41. The van der Waals surface area contributed by atoms with E-state index in [0.29, 0.717) is 28.9 Å². The van der Waals surface area contributed by atoms with E-state index in [2.05, 4.69) is 12.6 Å². The molecule has 0 saturated carbocycles. The first-order chi connectivity index (χ1) is 16.9. The number of ether oxygens (including phenoxy) is 2. The van der Waals surface area contributed by atoms with Gasteiger partial charge in [0, 0.05) is 11.6 Å². The van der Waals surface area contributed by atoms with Crippen LogP contribution in [0, 0.1) is 31.6 Å². The van der Waals surface area contributed by atoms with Gasteiger partial charge in [-0.25, -0.2) is 0 Å². The van der Waals surface area contributed by atoms with E-state index < -0.39 is 21.2 Å². The Kier molecular flexibility index (Phi) is 7.93. The number of benzene rings is 3. The lowest BCUT2D eigenvalue weighted by atomic mass is 10.0. The maximum absolute atomic E-state index is 11.6. The first kappa shape index (κ1) is 24.7. The standard InChI is InChI=1S/C26H21N3O6/c1-3-8-20-13-18(14-21(17-27)19-9-6-5-7-10-19)15-25(34-4-2)26(20)35-24-12-11-22(28(30)31)16-23(24)29(32)33/h3,5-7,9-16H,1,4,8H2,2H3/b21-14+. The Morgan fingerprint density at radius 1 is 1.06 bits per heavy atom. The summed E-state index contributed by atoms with van der Waals surface area (Å²) in [6.07, 6.45) is 3.69. The van der Waals surface area contributed by atoms with Crippen molar-refractivity contribution in [1.29, 1.82) is 5.26 Å². The molecule has 0 heterocycles. The van der Waals surface area contributed by atoms with Crippen LogP contribution in [0.25, 0.3) is 11.6 Å². The number of hydrogen-bond acceptors (Lipinski definition) is 7. The van der Waals surface area contributed by atoms with Crippen molar-refractivity contribution in [3.05, 3.63) is 110 Å². The maximum atomic E-state index is 11.6. The predicted molar refractivity (Wildman–Crippen MR) is 131 cm³/mol. The minimum atomic E-state index is -0.744. The van der Waals surface area contributed by atoms with E-state index in [-0.39, 0.29) is 18.1 Å². The smallest absolute Gasteiger partial charge is 0.318 e. The van der Waals surface area contributed by atoms with Crippen molar-refractivity contribution in [3.63, 3.8) is 0 Å². The molecule has 0 atom stereocenters. The lowest BCUT2D eigenvalue weighted by molar-refractivity contribution is -0.394. The third kappa shape index (κ3) is 5.89. The molecule has 9 nitrogen and oxygen atoms in total. The molecule has 0 amide bonds. The monoisotopic (exact) mass is 471 g/mol. The molecule has 3 aromatic rings. The van der Waals surface area contributed by atoms with Crippen LogP contribution in [-0.2, 0) is 6.42 Å². The molecule has 3 aromatic carbocycles. The van der Waals surface area contributed by atoms with Gasteiger partial charge in [0.05, 0.1) is 34.2 Å². The van der Waals surface area contributed by atoms with E-state index >= 15 is 0 Å². The van der Waals surface area contributed by atoms with E-state index in [1.54, 1.807) is 31.2 Å². The third-order valence-electron chi connectivity index (χ3n) is 4.90. The van der Waals surface area contributed by atoms with Crippen LogP contribution in [0.15, 0.2) is 73.3 Å². The van der Waals surface area contributed by atoms with Gasteiger partial charge in [0.1, 0.15) is 0 Å². The second-order valence-electron chi connectivity index (χ2n) is 7.24. The van der Waals surface area contributed by atoms with Gasteiger partial charge in [-0.3, -0.25) is 20.2 Å². The number of nitro groups is 2. The molecule has 0 aliphatic carbocycles. The Bertz CT molecular complexity index is 1340. The van der Waals surface area contributed by atoms with Crippen molar-refractivity contribution in [3.8, 4) is 23.3 Å². The summed E-state index contributed by atoms with van der Waals surface area (Å²) in [6.45, 7) is 5.82. The van der Waals surface area contributed by atoms with Gasteiger partial charge in [0.25, 0.3) is 5.69 Å². The number of nitrogens with zero attached hydrogens (tertiary/aromatic N) is 3. The van der Waals surface area contributed by atoms with Gasteiger partial charge in [-0.05, 0) is 48.7 Å². The molecule has 0 radical (unpaired) electrons. The Morgan fingerprint density at radius 3 is 2.40 bits per heavy atom. The van der Waals surface area contributed by atoms with Crippen molar-refractivity contribution >= 4 is 23.0 Å². The molecule has 0 aromatic heterocycles. The van der Waals surface area contributed by atoms with Crippen LogP contribution in [0.5, 0.6) is 17.2 Å². The molecule has 3 rings (SSSR count). The van der Waals surface area contributed by atoms with Gasteiger partial charge in [-0.1, -0.05) is 36.4 Å². The summed E-state index contributed by atoms with van der Waals surface area (Å²) in [6, 6.07) is 18.0. The number of nitro benzene ring substituents is 2. The summed E-state index contributed by atoms with van der Waals surface area (Å²) < 4.78 is 11.7. The second kappa shape index (κ2) is 11.2. The van der Waals surface area contributed by atoms with Crippen LogP contribution >= 0.6 is 0 Å². The zero-order chi connectivity index (χ0) is 25.4. The van der Waals surface area contributed by atoms with E-state index in [4.69, 9.17) is 9.47 Å². The van der Waals surface area contributed by atoms with Crippen LogP contribution < -0.4 is 9.47 Å². The Labute approximate surface area is 201 Å². The molecule has 176 valence electrons. The zero-order valence-corrected chi connectivity index (χ0v) is 18.8. The van der Waals surface area contributed by atoms with Gasteiger partial charge in [-0.2, -0.15) is 5.26 Å². The van der Waals surface area contributed by atoms with Crippen LogP contribution in [0.3, 0.4) is 0 Å². The minimum absolute atomic E-state index is 0.169. The molecule has 0 saturated heterocycles. The van der Waals surface area contributed by atoms with Crippen molar-refractivity contribution in [2.75, 3.05) is 6.61 Å². The summed E-state index contributed by atoms with van der Waals surface area (Å²) in [4.78, 5) is 21.2. The van der Waals surface area contributed by atoms with Gasteiger partial charge in [0.2, 0.25) is 5.75 Å². The SMILES string of the molecule is C=CCc1cc(/C=C(\C#N)c2ccccc2)cc(OCC)c1Oc1ccc([N+](=O)[O-])cc1[N+](=O)[O-]. The highest BCUT2D eigenvalue weighted by Gasteiger charge is 2.24. The maximum Gasteiger partial charge on any atom is 0.318 e. The number of hydrogen-bond donors (Lipinski definition) is 0. The first-order valence-electron chi connectivity index (χ1n) is 10.6. The molecule has 0 N–H and O–H groups in total. The van der Waals surface area contributed by atoms with Crippen LogP contribution in [-0.4, -0.2) is 16.5 Å². The topological polar surface area (TPSA) is 129 Å². The Morgan fingerprint density at radius 2 is 1.80 bits per heavy atom. The molecule has 9 heteroatoms. The van der Waals surface area contributed by atoms with E-state index in [1.165, 1.54) is 6.07 Å². The third-order valence-corrected chi connectivity index (χ3v) is 4.90. The van der Waals surface area contributed by atoms with Crippen molar-refractivity contribution < 1.29 is 19.3 Å². The molecule has 0 aliphatic heterocycles. The highest BCUT2D eigenvalue weighted by atomic mass is 16.6. The molecule has 35 heavy (non-hydrogen) atoms. The zero-order valence-electron chi connectivity index (χ0n) is 18.8. The van der Waals surface area contributed by atoms with Crippen molar-refractivity contribution in [2.45, 2.75) is 13.3 Å². The molecular formula is C26H21N3O6. The largest absolute Gasteiger partial charge is 0.490 e. The fourth-order valence-electron chi connectivity index (χ4n) is 3.38. The van der Waals surface area contributed by atoms with Gasteiger partial charge >= 0.3 is 5.69 Å². The lowest BCUT2D eigenvalue weighted by Gasteiger charge is -2.16. The summed E-state index contributed by atoms with van der Waals surface area (Å²) in [5.74, 6) is 0.354. The number of non-ortho nitro benzene ring substituents is 1. The van der Waals surface area contributed by atoms with Gasteiger partial charge < -0.3 is 9.47 Å². The molecule has 0 unspecified atom stereocenters. The fraction of sp³-hybridized carbons (Fsp3) is 0.115. The molecule has 0 spiro atoms. The first-order valence-corrected chi connectivity index (χ1v) is 10.6. The van der Waals surface area contributed by atoms with Crippen molar-refractivity contribution in [2.24, 2.45) is 0 Å². The summed E-state index contributed by atoms with van der Waals surface area (Å²) in [7, 11) is 0. The average Bonchev–Trinajstić information content (AvgIpc) is 2.85. The number of nitriles is 1. The van der Waals surface area contributed by atoms with Crippen LogP contribution in [0.1, 0.15) is 23.6 Å². The van der Waals surface area contributed by atoms with E-state index in [9.17, 15) is 25.5 Å². The molecule has 0 aliphatic rings. The van der Waals surface area contributed by atoms with Crippen molar-refractivity contribution in [1.82, 2.24) is 0 Å². The molecular weight excluding hydrogens is 450 g/mol. The lowest BCUT2D eigenvalue weighted by Crippen LogP contribution is -2.02. The summed E-state index contributed by atoms with van der Waals surface area (Å²) >= 11 is 0. The highest BCUT2D eigenvalue weighted by molar-refractivity contribution is 5.90. The van der Waals surface area contributed by atoms with Gasteiger partial charge in [0.15, 0.2) is 11.5 Å². The minimum Gasteiger partial charge on any atom is -0.490 e. The number of allylic oxidation sites excluding steroid dienone is 2. The summed E-state index contributed by atoms with van der Waals surface area (Å²) in [5.41, 5.74) is 1.49. The quantitative estimate of drug-likeness (QED) is 0.109. The Hall–Kier alpha value is -4.97. The number of rotatable bonds is 10. The normalized spacial score (nSPS) is 10.8.